The Morgan fingerprint density at radius 3 is 2.58 bits per heavy atom. The first-order valence-electron chi connectivity index (χ1n) is 5.98. The molecule has 0 atom stereocenters. The Kier molecular flexibility index (Phi) is 4.37. The lowest BCUT2D eigenvalue weighted by Crippen LogP contribution is -2.31. The largest absolute Gasteiger partial charge is 0.293 e. The molecule has 5 heteroatoms. The monoisotopic (exact) mass is 295 g/mol. The fourth-order valence-electron chi connectivity index (χ4n) is 1.73. The number of rotatable bonds is 3. The van der Waals surface area contributed by atoms with Gasteiger partial charge in [0.2, 0.25) is 0 Å². The van der Waals surface area contributed by atoms with Gasteiger partial charge in [0.25, 0.3) is 5.91 Å². The molecule has 0 radical (unpaired) electrons. The number of thiocarbonyl (C=S) groups is 1. The van der Waals surface area contributed by atoms with E-state index in [4.69, 9.17) is 12.2 Å². The molecule has 1 fully saturated rings. The molecule has 1 aliphatic heterocycles. The van der Waals surface area contributed by atoms with Crippen molar-refractivity contribution in [1.29, 1.82) is 0 Å². The molecule has 1 heterocycles. The van der Waals surface area contributed by atoms with Crippen LogP contribution in [0.1, 0.15) is 19.4 Å². The van der Waals surface area contributed by atoms with E-state index in [1.54, 1.807) is 23.1 Å². The number of carbonyl (C=O) groups excluding carboxylic acids is 1. The summed E-state index contributed by atoms with van der Waals surface area (Å²) in [4.78, 5) is 14.4. The van der Waals surface area contributed by atoms with Gasteiger partial charge in [0.15, 0.2) is 0 Å². The van der Waals surface area contributed by atoms with Gasteiger partial charge in [-0.05, 0) is 29.7 Å². The minimum Gasteiger partial charge on any atom is -0.293 e. The first-order valence-corrected chi connectivity index (χ1v) is 7.21. The predicted molar refractivity (Wildman–Crippen MR) is 81.1 cm³/mol. The second-order valence-corrected chi connectivity index (χ2v) is 6.41. The summed E-state index contributed by atoms with van der Waals surface area (Å²) in [5, 5.41) is 0. The number of thioether (sulfide) groups is 1. The summed E-state index contributed by atoms with van der Waals surface area (Å²) in [6.45, 7) is 4.72. The molecule has 0 N–H and O–H groups in total. The van der Waals surface area contributed by atoms with E-state index in [9.17, 15) is 9.18 Å². The third-order valence-electron chi connectivity index (χ3n) is 2.59. The van der Waals surface area contributed by atoms with Crippen LogP contribution in [0, 0.1) is 11.7 Å². The number of halogens is 1. The SMILES string of the molecule is CC(C)CN1C(=O)/C(=C/c2ccc(F)cc2)SC1=S. The third kappa shape index (κ3) is 3.42. The molecule has 0 saturated carbocycles. The number of benzene rings is 1. The van der Waals surface area contributed by atoms with Gasteiger partial charge in [-0.2, -0.15) is 0 Å². The Morgan fingerprint density at radius 2 is 2.00 bits per heavy atom. The summed E-state index contributed by atoms with van der Waals surface area (Å²) in [7, 11) is 0. The van der Waals surface area contributed by atoms with Crippen LogP contribution in [-0.4, -0.2) is 21.7 Å². The fraction of sp³-hybridized carbons (Fsp3) is 0.286. The number of carbonyl (C=O) groups is 1. The lowest BCUT2D eigenvalue weighted by Gasteiger charge is -2.16. The van der Waals surface area contributed by atoms with Gasteiger partial charge >= 0.3 is 0 Å². The van der Waals surface area contributed by atoms with Crippen molar-refractivity contribution in [3.05, 3.63) is 40.6 Å². The van der Waals surface area contributed by atoms with Crippen molar-refractivity contribution in [2.24, 2.45) is 5.92 Å². The van der Waals surface area contributed by atoms with E-state index < -0.39 is 0 Å². The fourth-order valence-corrected chi connectivity index (χ4v) is 3.01. The van der Waals surface area contributed by atoms with Gasteiger partial charge in [-0.15, -0.1) is 0 Å². The van der Waals surface area contributed by atoms with Crippen LogP contribution in [0.15, 0.2) is 29.2 Å². The highest BCUT2D eigenvalue weighted by Gasteiger charge is 2.32. The molecule has 2 nitrogen and oxygen atoms in total. The molecule has 0 spiro atoms. The molecule has 0 aliphatic carbocycles. The lowest BCUT2D eigenvalue weighted by molar-refractivity contribution is -0.122. The van der Waals surface area contributed by atoms with Crippen LogP contribution in [0.3, 0.4) is 0 Å². The van der Waals surface area contributed by atoms with Gasteiger partial charge in [-0.25, -0.2) is 4.39 Å². The van der Waals surface area contributed by atoms with Crippen molar-refractivity contribution in [1.82, 2.24) is 4.90 Å². The van der Waals surface area contributed by atoms with E-state index in [1.165, 1.54) is 23.9 Å². The van der Waals surface area contributed by atoms with Crippen LogP contribution in [0.4, 0.5) is 4.39 Å². The first-order chi connectivity index (χ1) is 8.97. The predicted octanol–water partition coefficient (Wildman–Crippen LogP) is 3.68. The summed E-state index contributed by atoms with van der Waals surface area (Å²) >= 11 is 6.52. The average molecular weight is 295 g/mol. The second kappa shape index (κ2) is 5.84. The normalized spacial score (nSPS) is 17.9. The summed E-state index contributed by atoms with van der Waals surface area (Å²) in [6, 6.07) is 6.04. The third-order valence-corrected chi connectivity index (χ3v) is 3.97. The Labute approximate surface area is 121 Å². The molecule has 2 rings (SSSR count). The van der Waals surface area contributed by atoms with Gasteiger partial charge < -0.3 is 0 Å². The molecule has 1 saturated heterocycles. The minimum atomic E-state index is -0.287. The van der Waals surface area contributed by atoms with Crippen molar-refractivity contribution in [3.8, 4) is 0 Å². The molecule has 1 aromatic carbocycles. The molecular weight excluding hydrogens is 281 g/mol. The van der Waals surface area contributed by atoms with Gasteiger partial charge in [-0.3, -0.25) is 9.69 Å². The minimum absolute atomic E-state index is 0.0620. The quantitative estimate of drug-likeness (QED) is 0.626. The van der Waals surface area contributed by atoms with Crippen LogP contribution in [0.25, 0.3) is 6.08 Å². The number of hydrogen-bond donors (Lipinski definition) is 0. The Balaban J connectivity index is 2.20. The van der Waals surface area contributed by atoms with Crippen molar-refractivity contribution >= 4 is 40.3 Å². The van der Waals surface area contributed by atoms with Crippen LogP contribution in [-0.2, 0) is 4.79 Å². The van der Waals surface area contributed by atoms with Crippen LogP contribution in [0.5, 0.6) is 0 Å². The summed E-state index contributed by atoms with van der Waals surface area (Å²) in [5.74, 6) is 0.0187. The van der Waals surface area contributed by atoms with E-state index >= 15 is 0 Å². The number of amides is 1. The highest BCUT2D eigenvalue weighted by atomic mass is 32.2. The van der Waals surface area contributed by atoms with Gasteiger partial charge in [0.05, 0.1) is 4.91 Å². The van der Waals surface area contributed by atoms with E-state index in [0.29, 0.717) is 21.7 Å². The van der Waals surface area contributed by atoms with Crippen LogP contribution in [0.2, 0.25) is 0 Å². The molecule has 0 unspecified atom stereocenters. The van der Waals surface area contributed by atoms with Gasteiger partial charge in [0.1, 0.15) is 10.1 Å². The van der Waals surface area contributed by atoms with Crippen molar-refractivity contribution in [2.75, 3.05) is 6.54 Å². The van der Waals surface area contributed by atoms with Crippen molar-refractivity contribution < 1.29 is 9.18 Å². The lowest BCUT2D eigenvalue weighted by atomic mass is 10.2. The molecule has 1 amide bonds. The molecular formula is C14H14FNOS2. The Hall–Kier alpha value is -1.20. The second-order valence-electron chi connectivity index (χ2n) is 4.74. The van der Waals surface area contributed by atoms with Crippen LogP contribution < -0.4 is 0 Å². The van der Waals surface area contributed by atoms with Crippen LogP contribution >= 0.6 is 24.0 Å². The van der Waals surface area contributed by atoms with Gasteiger partial charge in [0, 0.05) is 6.54 Å². The van der Waals surface area contributed by atoms with Crippen molar-refractivity contribution in [3.63, 3.8) is 0 Å². The summed E-state index contributed by atoms with van der Waals surface area (Å²) < 4.78 is 13.4. The maximum atomic E-state index is 12.8. The first kappa shape index (κ1) is 14.2. The number of nitrogens with zero attached hydrogens (tertiary/aromatic N) is 1. The molecule has 0 aromatic heterocycles. The highest BCUT2D eigenvalue weighted by molar-refractivity contribution is 8.26. The molecule has 1 aliphatic rings. The Bertz CT molecular complexity index is 537. The van der Waals surface area contributed by atoms with E-state index in [2.05, 4.69) is 0 Å². The number of hydrogen-bond acceptors (Lipinski definition) is 3. The molecule has 0 bridgehead atoms. The smallest absolute Gasteiger partial charge is 0.266 e. The molecule has 100 valence electrons. The molecule has 19 heavy (non-hydrogen) atoms. The molecule has 1 aromatic rings. The standard InChI is InChI=1S/C14H14FNOS2/c1-9(2)8-16-13(17)12(19-14(16)18)7-10-3-5-11(15)6-4-10/h3-7,9H,8H2,1-2H3/b12-7-. The van der Waals surface area contributed by atoms with E-state index in [-0.39, 0.29) is 11.7 Å². The highest BCUT2D eigenvalue weighted by Crippen LogP contribution is 2.32. The Morgan fingerprint density at radius 1 is 1.37 bits per heavy atom. The average Bonchev–Trinajstić information content (AvgIpc) is 2.60. The maximum Gasteiger partial charge on any atom is 0.266 e. The van der Waals surface area contributed by atoms with Crippen molar-refractivity contribution in [2.45, 2.75) is 13.8 Å². The van der Waals surface area contributed by atoms with Gasteiger partial charge in [-0.1, -0.05) is 50.0 Å². The van der Waals surface area contributed by atoms with E-state index in [1.807, 2.05) is 13.8 Å². The summed E-state index contributed by atoms with van der Waals surface area (Å²) in [5.41, 5.74) is 0.798. The zero-order valence-corrected chi connectivity index (χ0v) is 12.4. The summed E-state index contributed by atoms with van der Waals surface area (Å²) in [6.07, 6.45) is 1.75. The topological polar surface area (TPSA) is 20.3 Å². The van der Waals surface area contributed by atoms with E-state index in [0.717, 1.165) is 5.56 Å². The zero-order valence-electron chi connectivity index (χ0n) is 10.7. The zero-order chi connectivity index (χ0) is 14.0. The maximum absolute atomic E-state index is 12.8.